The molecule has 0 saturated heterocycles. The largest absolute Gasteiger partial charge is 0.503 e. The molecule has 8 heteroatoms. The Balaban J connectivity index is 2.23. The van der Waals surface area contributed by atoms with Crippen molar-refractivity contribution in [3.63, 3.8) is 0 Å². The van der Waals surface area contributed by atoms with Gasteiger partial charge in [0.2, 0.25) is 5.78 Å². The second-order valence-corrected chi connectivity index (χ2v) is 6.22. The lowest BCUT2D eigenvalue weighted by Gasteiger charge is -2.10. The lowest BCUT2D eigenvalue weighted by Crippen LogP contribution is -2.40. The molecule has 1 aromatic carbocycles. The highest BCUT2D eigenvalue weighted by molar-refractivity contribution is 9.10. The smallest absolute Gasteiger partial charge is 0.328 e. The number of rotatable bonds is 5. The van der Waals surface area contributed by atoms with Crippen LogP contribution in [0.1, 0.15) is 23.0 Å². The number of allylic oxidation sites excluding steroid dienone is 1. The van der Waals surface area contributed by atoms with Crippen molar-refractivity contribution in [1.29, 1.82) is 0 Å². The fraction of sp³-hybridized carbons (Fsp3) is 0.235. The van der Waals surface area contributed by atoms with Crippen molar-refractivity contribution in [3.05, 3.63) is 45.8 Å². The molecule has 25 heavy (non-hydrogen) atoms. The molecule has 2 N–H and O–H groups in total. The number of aliphatic hydroxyl groups is 1. The van der Waals surface area contributed by atoms with E-state index in [4.69, 9.17) is 4.42 Å². The monoisotopic (exact) mass is 409 g/mol. The number of aliphatic hydroxyl groups excluding tert-OH is 1. The van der Waals surface area contributed by atoms with E-state index < -0.39 is 29.5 Å². The number of hydrogen-bond acceptors (Lipinski definition) is 6. The molecule has 1 aromatic heterocycles. The summed E-state index contributed by atoms with van der Waals surface area (Å²) in [6.45, 7) is 3.09. The number of carbonyl (C=O) groups is 3. The third kappa shape index (κ3) is 4.08. The summed E-state index contributed by atoms with van der Waals surface area (Å²) in [5.74, 6) is -3.12. The predicted molar refractivity (Wildman–Crippen MR) is 93.3 cm³/mol. The van der Waals surface area contributed by atoms with E-state index in [0.29, 0.717) is 11.1 Å². The van der Waals surface area contributed by atoms with Crippen molar-refractivity contribution in [1.82, 2.24) is 5.32 Å². The molecule has 1 heterocycles. The number of ether oxygens (including phenoxy) is 1. The first kappa shape index (κ1) is 18.7. The average Bonchev–Trinajstić information content (AvgIpc) is 2.90. The van der Waals surface area contributed by atoms with Crippen LogP contribution in [-0.4, -0.2) is 35.9 Å². The molecule has 0 fully saturated rings. The van der Waals surface area contributed by atoms with Crippen LogP contribution in [0.25, 0.3) is 11.0 Å². The summed E-state index contributed by atoms with van der Waals surface area (Å²) in [6, 6.07) is 4.32. The molecule has 7 nitrogen and oxygen atoms in total. The maximum absolute atomic E-state index is 12.3. The van der Waals surface area contributed by atoms with Gasteiger partial charge in [-0.25, -0.2) is 4.79 Å². The van der Waals surface area contributed by atoms with E-state index in [1.54, 1.807) is 25.1 Å². The van der Waals surface area contributed by atoms with Crippen molar-refractivity contribution in [2.45, 2.75) is 19.9 Å². The minimum absolute atomic E-state index is 0.0217. The number of fused-ring (bicyclic) bond motifs is 1. The van der Waals surface area contributed by atoms with Crippen molar-refractivity contribution >= 4 is 44.6 Å². The molecule has 2 rings (SSSR count). The molecule has 0 aliphatic carbocycles. The van der Waals surface area contributed by atoms with Crippen LogP contribution in [0.2, 0.25) is 0 Å². The Hall–Kier alpha value is -2.61. The SMILES string of the molecule is COC(=O)[C@@H](C)NC(=O)/C(O)=C/C(=O)c1oc2ccc(Br)cc2c1C. The summed E-state index contributed by atoms with van der Waals surface area (Å²) in [7, 11) is 1.17. The zero-order chi connectivity index (χ0) is 18.7. The fourth-order valence-corrected chi connectivity index (χ4v) is 2.55. The van der Waals surface area contributed by atoms with Gasteiger partial charge in [0, 0.05) is 21.5 Å². The summed E-state index contributed by atoms with van der Waals surface area (Å²) in [6.07, 6.45) is 0.749. The highest BCUT2D eigenvalue weighted by Crippen LogP contribution is 2.28. The molecular formula is C17H16BrNO6. The van der Waals surface area contributed by atoms with Crippen LogP contribution in [0, 0.1) is 6.92 Å². The number of benzene rings is 1. The number of furan rings is 1. The minimum atomic E-state index is -0.970. The number of esters is 1. The van der Waals surface area contributed by atoms with Crippen LogP contribution >= 0.6 is 15.9 Å². The van der Waals surface area contributed by atoms with Gasteiger partial charge in [-0.15, -0.1) is 0 Å². The highest BCUT2D eigenvalue weighted by atomic mass is 79.9. The number of amides is 1. The number of halogens is 1. The van der Waals surface area contributed by atoms with E-state index in [0.717, 1.165) is 15.9 Å². The van der Waals surface area contributed by atoms with Gasteiger partial charge in [-0.1, -0.05) is 15.9 Å². The van der Waals surface area contributed by atoms with Crippen LogP contribution in [-0.2, 0) is 14.3 Å². The van der Waals surface area contributed by atoms with E-state index in [-0.39, 0.29) is 5.76 Å². The molecule has 0 unspecified atom stereocenters. The average molecular weight is 410 g/mol. The standard InChI is InChI=1S/C17H16BrNO6/c1-8-11-6-10(18)4-5-14(11)25-15(8)12(20)7-13(21)16(22)19-9(2)17(23)24-3/h4-7,9,21H,1-3H3,(H,19,22)/b13-7-/t9-/m1/s1. The minimum Gasteiger partial charge on any atom is -0.503 e. The Labute approximate surface area is 151 Å². The van der Waals surface area contributed by atoms with E-state index in [1.807, 2.05) is 0 Å². The zero-order valence-electron chi connectivity index (χ0n) is 13.8. The lowest BCUT2D eigenvalue weighted by molar-refractivity contribution is -0.144. The van der Waals surface area contributed by atoms with Crippen LogP contribution in [0.3, 0.4) is 0 Å². The number of aryl methyl sites for hydroxylation is 1. The topological polar surface area (TPSA) is 106 Å². The Morgan fingerprint density at radius 1 is 1.36 bits per heavy atom. The molecule has 0 bridgehead atoms. The number of methoxy groups -OCH3 is 1. The molecule has 132 valence electrons. The normalized spacial score (nSPS) is 12.7. The van der Waals surface area contributed by atoms with Gasteiger partial charge in [0.25, 0.3) is 5.91 Å². The van der Waals surface area contributed by atoms with Gasteiger partial charge in [-0.05, 0) is 32.0 Å². The summed E-state index contributed by atoms with van der Waals surface area (Å²) in [5.41, 5.74) is 1.11. The van der Waals surface area contributed by atoms with Gasteiger partial charge in [-0.3, -0.25) is 9.59 Å². The quantitative estimate of drug-likeness (QED) is 0.340. The molecule has 2 aromatic rings. The molecular weight excluding hydrogens is 394 g/mol. The summed E-state index contributed by atoms with van der Waals surface area (Å²) in [4.78, 5) is 35.4. The molecule has 0 aliphatic rings. The maximum atomic E-state index is 12.3. The first-order valence-electron chi connectivity index (χ1n) is 7.27. The lowest BCUT2D eigenvalue weighted by atomic mass is 10.1. The van der Waals surface area contributed by atoms with E-state index in [9.17, 15) is 19.5 Å². The maximum Gasteiger partial charge on any atom is 0.328 e. The van der Waals surface area contributed by atoms with E-state index in [2.05, 4.69) is 26.0 Å². The van der Waals surface area contributed by atoms with Crippen LogP contribution < -0.4 is 5.32 Å². The predicted octanol–water partition coefficient (Wildman–Crippen LogP) is 2.81. The summed E-state index contributed by atoms with van der Waals surface area (Å²) >= 11 is 3.34. The molecule has 0 aliphatic heterocycles. The van der Waals surface area contributed by atoms with Crippen LogP contribution in [0.4, 0.5) is 0 Å². The third-order valence-electron chi connectivity index (χ3n) is 3.52. The van der Waals surface area contributed by atoms with Gasteiger partial charge in [0.1, 0.15) is 11.6 Å². The molecule has 0 spiro atoms. The number of hydrogen-bond donors (Lipinski definition) is 2. The van der Waals surface area contributed by atoms with Gasteiger partial charge in [0.05, 0.1) is 7.11 Å². The highest BCUT2D eigenvalue weighted by Gasteiger charge is 2.21. The first-order chi connectivity index (χ1) is 11.7. The Bertz CT molecular complexity index is 883. The van der Waals surface area contributed by atoms with Gasteiger partial charge in [0.15, 0.2) is 11.5 Å². The van der Waals surface area contributed by atoms with E-state index in [1.165, 1.54) is 14.0 Å². The second-order valence-electron chi connectivity index (χ2n) is 5.31. The number of ketones is 1. The number of nitrogens with one attached hydrogen (secondary N) is 1. The zero-order valence-corrected chi connectivity index (χ0v) is 15.3. The Morgan fingerprint density at radius 3 is 2.68 bits per heavy atom. The van der Waals surface area contributed by atoms with Crippen LogP contribution in [0.15, 0.2) is 38.9 Å². The van der Waals surface area contributed by atoms with Crippen molar-refractivity contribution in [3.8, 4) is 0 Å². The molecule has 0 radical (unpaired) electrons. The number of carbonyl (C=O) groups excluding carboxylic acids is 3. The van der Waals surface area contributed by atoms with Gasteiger partial charge < -0.3 is 19.6 Å². The van der Waals surface area contributed by atoms with Gasteiger partial charge in [-0.2, -0.15) is 0 Å². The van der Waals surface area contributed by atoms with Crippen molar-refractivity contribution < 1.29 is 28.6 Å². The Kier molecular flexibility index (Phi) is 5.63. The summed E-state index contributed by atoms with van der Waals surface area (Å²) < 4.78 is 10.8. The molecule has 0 saturated carbocycles. The molecule has 1 amide bonds. The second kappa shape index (κ2) is 7.52. The Morgan fingerprint density at radius 2 is 2.04 bits per heavy atom. The van der Waals surface area contributed by atoms with Gasteiger partial charge >= 0.3 is 5.97 Å². The van der Waals surface area contributed by atoms with E-state index >= 15 is 0 Å². The third-order valence-corrected chi connectivity index (χ3v) is 4.02. The summed E-state index contributed by atoms with van der Waals surface area (Å²) in [5, 5.41) is 12.7. The van der Waals surface area contributed by atoms with Crippen molar-refractivity contribution in [2.75, 3.05) is 7.11 Å². The first-order valence-corrected chi connectivity index (χ1v) is 8.06. The van der Waals surface area contributed by atoms with Crippen molar-refractivity contribution in [2.24, 2.45) is 0 Å². The van der Waals surface area contributed by atoms with Crippen LogP contribution in [0.5, 0.6) is 0 Å². The fourth-order valence-electron chi connectivity index (χ4n) is 2.19. The molecule has 1 atom stereocenters.